The lowest BCUT2D eigenvalue weighted by molar-refractivity contribution is 0.631. The maximum atomic E-state index is 5.80. The molecule has 14 heavy (non-hydrogen) atoms. The highest BCUT2D eigenvalue weighted by Gasteiger charge is 2.17. The van der Waals surface area contributed by atoms with Gasteiger partial charge in [-0.1, -0.05) is 13.8 Å². The zero-order valence-corrected chi connectivity index (χ0v) is 9.01. The summed E-state index contributed by atoms with van der Waals surface area (Å²) in [7, 11) is 0. The van der Waals surface area contributed by atoms with Gasteiger partial charge in [0.1, 0.15) is 5.82 Å². The first-order valence-corrected chi connectivity index (χ1v) is 5.44. The number of nitrogen functional groups attached to an aromatic ring is 1. The van der Waals surface area contributed by atoms with Crippen LogP contribution in [-0.4, -0.2) is 4.98 Å². The van der Waals surface area contributed by atoms with Crippen molar-refractivity contribution < 1.29 is 0 Å². The average Bonchev–Trinajstić information content (AvgIpc) is 2.50. The Balaban J connectivity index is 2.38. The van der Waals surface area contributed by atoms with E-state index >= 15 is 0 Å². The summed E-state index contributed by atoms with van der Waals surface area (Å²) in [5.41, 5.74) is 9.96. The van der Waals surface area contributed by atoms with Crippen molar-refractivity contribution in [2.75, 3.05) is 5.73 Å². The summed E-state index contributed by atoms with van der Waals surface area (Å²) in [6, 6.07) is 2.05. The quantitative estimate of drug-likeness (QED) is 0.777. The van der Waals surface area contributed by atoms with Crippen LogP contribution in [0.4, 0.5) is 5.82 Å². The zero-order valence-electron chi connectivity index (χ0n) is 9.01. The van der Waals surface area contributed by atoms with Gasteiger partial charge in [0.15, 0.2) is 0 Å². The fraction of sp³-hybridized carbons (Fsp3) is 0.583. The molecular formula is C12H18N2. The van der Waals surface area contributed by atoms with Crippen molar-refractivity contribution in [1.29, 1.82) is 0 Å². The summed E-state index contributed by atoms with van der Waals surface area (Å²) >= 11 is 0. The van der Waals surface area contributed by atoms with Gasteiger partial charge in [0.2, 0.25) is 0 Å². The van der Waals surface area contributed by atoms with E-state index in [-0.39, 0.29) is 0 Å². The van der Waals surface area contributed by atoms with Crippen LogP contribution in [0.1, 0.15) is 37.1 Å². The fourth-order valence-electron chi connectivity index (χ4n) is 2.25. The number of aryl methyl sites for hydroxylation is 1. The molecule has 0 saturated heterocycles. The summed E-state index contributed by atoms with van der Waals surface area (Å²) in [5.74, 6) is 1.36. The van der Waals surface area contributed by atoms with Crippen LogP contribution in [0.3, 0.4) is 0 Å². The molecule has 0 radical (unpaired) electrons. The molecule has 0 aliphatic heterocycles. The molecule has 0 spiro atoms. The number of rotatable bonds is 2. The second-order valence-corrected chi connectivity index (χ2v) is 4.58. The Bertz CT molecular complexity index is 342. The van der Waals surface area contributed by atoms with Crippen LogP contribution in [0.25, 0.3) is 0 Å². The van der Waals surface area contributed by atoms with Crippen LogP contribution in [-0.2, 0) is 19.3 Å². The molecule has 1 aliphatic rings. The van der Waals surface area contributed by atoms with Gasteiger partial charge in [0, 0.05) is 5.69 Å². The SMILES string of the molecule is CC(C)Cc1nc(N)cc2c1CCC2. The lowest BCUT2D eigenvalue weighted by Crippen LogP contribution is -2.05. The molecule has 2 nitrogen and oxygen atoms in total. The van der Waals surface area contributed by atoms with Gasteiger partial charge < -0.3 is 5.73 Å². The molecule has 0 bridgehead atoms. The molecule has 0 amide bonds. The number of anilines is 1. The molecule has 2 heteroatoms. The van der Waals surface area contributed by atoms with Crippen molar-refractivity contribution in [3.63, 3.8) is 0 Å². The maximum absolute atomic E-state index is 5.80. The Kier molecular flexibility index (Phi) is 2.44. The molecule has 76 valence electrons. The number of aromatic nitrogens is 1. The highest BCUT2D eigenvalue weighted by Crippen LogP contribution is 2.27. The van der Waals surface area contributed by atoms with Gasteiger partial charge in [-0.25, -0.2) is 4.98 Å². The third kappa shape index (κ3) is 1.74. The maximum Gasteiger partial charge on any atom is 0.123 e. The summed E-state index contributed by atoms with van der Waals surface area (Å²) in [6.07, 6.45) is 4.72. The van der Waals surface area contributed by atoms with Crippen LogP contribution in [0.5, 0.6) is 0 Å². The first-order chi connectivity index (χ1) is 6.66. The molecular weight excluding hydrogens is 172 g/mol. The minimum Gasteiger partial charge on any atom is -0.384 e. The van der Waals surface area contributed by atoms with Crippen LogP contribution in [0, 0.1) is 5.92 Å². The Morgan fingerprint density at radius 1 is 1.43 bits per heavy atom. The lowest BCUT2D eigenvalue weighted by atomic mass is 10.0. The van der Waals surface area contributed by atoms with Gasteiger partial charge in [-0.05, 0) is 48.8 Å². The minimum absolute atomic E-state index is 0.661. The Morgan fingerprint density at radius 3 is 2.93 bits per heavy atom. The van der Waals surface area contributed by atoms with E-state index < -0.39 is 0 Å². The van der Waals surface area contributed by atoms with Crippen LogP contribution >= 0.6 is 0 Å². The topological polar surface area (TPSA) is 38.9 Å². The summed E-state index contributed by atoms with van der Waals surface area (Å²) in [4.78, 5) is 4.46. The van der Waals surface area contributed by atoms with E-state index in [1.807, 2.05) is 6.07 Å². The van der Waals surface area contributed by atoms with Crippen LogP contribution in [0.15, 0.2) is 6.07 Å². The zero-order chi connectivity index (χ0) is 10.1. The number of hydrogen-bond acceptors (Lipinski definition) is 2. The van der Waals surface area contributed by atoms with Crippen LogP contribution in [0.2, 0.25) is 0 Å². The van der Waals surface area contributed by atoms with Crippen molar-refractivity contribution in [2.45, 2.75) is 39.5 Å². The second-order valence-electron chi connectivity index (χ2n) is 4.58. The number of fused-ring (bicyclic) bond motifs is 1. The smallest absolute Gasteiger partial charge is 0.123 e. The Morgan fingerprint density at radius 2 is 2.21 bits per heavy atom. The molecule has 2 rings (SSSR count). The van der Waals surface area contributed by atoms with Crippen LogP contribution < -0.4 is 5.73 Å². The van der Waals surface area contributed by atoms with Gasteiger partial charge in [0.25, 0.3) is 0 Å². The third-order valence-electron chi connectivity index (χ3n) is 2.80. The van der Waals surface area contributed by atoms with Crippen molar-refractivity contribution in [3.8, 4) is 0 Å². The molecule has 2 N–H and O–H groups in total. The Labute approximate surface area is 85.5 Å². The van der Waals surface area contributed by atoms with Crippen molar-refractivity contribution in [2.24, 2.45) is 5.92 Å². The fourth-order valence-corrected chi connectivity index (χ4v) is 2.25. The third-order valence-corrected chi connectivity index (χ3v) is 2.80. The van der Waals surface area contributed by atoms with E-state index in [1.165, 1.54) is 36.1 Å². The summed E-state index contributed by atoms with van der Waals surface area (Å²) in [6.45, 7) is 4.46. The molecule has 1 aromatic heterocycles. The van der Waals surface area contributed by atoms with Crippen molar-refractivity contribution in [3.05, 3.63) is 22.9 Å². The molecule has 1 aromatic rings. The van der Waals surface area contributed by atoms with Gasteiger partial charge in [0.05, 0.1) is 0 Å². The van der Waals surface area contributed by atoms with Crippen molar-refractivity contribution >= 4 is 5.82 Å². The van der Waals surface area contributed by atoms with Gasteiger partial charge in [-0.2, -0.15) is 0 Å². The van der Waals surface area contributed by atoms with E-state index in [1.54, 1.807) is 0 Å². The molecule has 1 aliphatic carbocycles. The standard InChI is InChI=1S/C12H18N2/c1-8(2)6-11-10-5-3-4-9(10)7-12(13)14-11/h7-8H,3-6H2,1-2H3,(H2,13,14). The predicted molar refractivity (Wildman–Crippen MR) is 59.2 cm³/mol. The largest absolute Gasteiger partial charge is 0.384 e. The number of hydrogen-bond donors (Lipinski definition) is 1. The molecule has 0 fully saturated rings. The second kappa shape index (κ2) is 3.60. The highest BCUT2D eigenvalue weighted by atomic mass is 14.8. The lowest BCUT2D eigenvalue weighted by Gasteiger charge is -2.10. The van der Waals surface area contributed by atoms with Gasteiger partial charge in [-0.3, -0.25) is 0 Å². The van der Waals surface area contributed by atoms with E-state index in [9.17, 15) is 0 Å². The van der Waals surface area contributed by atoms with E-state index in [0.29, 0.717) is 11.7 Å². The average molecular weight is 190 g/mol. The molecule has 0 unspecified atom stereocenters. The number of nitrogens with two attached hydrogens (primary N) is 1. The molecule has 0 saturated carbocycles. The van der Waals surface area contributed by atoms with Crippen molar-refractivity contribution in [1.82, 2.24) is 4.98 Å². The first kappa shape index (κ1) is 9.50. The van der Waals surface area contributed by atoms with Gasteiger partial charge >= 0.3 is 0 Å². The molecule has 0 atom stereocenters. The minimum atomic E-state index is 0.661. The number of pyridine rings is 1. The summed E-state index contributed by atoms with van der Waals surface area (Å²) < 4.78 is 0. The van der Waals surface area contributed by atoms with E-state index in [0.717, 1.165) is 6.42 Å². The van der Waals surface area contributed by atoms with E-state index in [4.69, 9.17) is 5.73 Å². The predicted octanol–water partition coefficient (Wildman–Crippen LogP) is 2.35. The first-order valence-electron chi connectivity index (χ1n) is 5.44. The monoisotopic (exact) mass is 190 g/mol. The molecule has 0 aromatic carbocycles. The molecule has 1 heterocycles. The Hall–Kier alpha value is -1.05. The highest BCUT2D eigenvalue weighted by molar-refractivity contribution is 5.43. The summed E-state index contributed by atoms with van der Waals surface area (Å²) in [5, 5.41) is 0. The number of nitrogens with zero attached hydrogens (tertiary/aromatic N) is 1. The van der Waals surface area contributed by atoms with Gasteiger partial charge in [-0.15, -0.1) is 0 Å². The normalized spacial score (nSPS) is 14.8. The van der Waals surface area contributed by atoms with E-state index in [2.05, 4.69) is 18.8 Å².